The molecular formula is C27H34N2O5. The standard InChI is InChI=1S/C27H34N2O5/c1-7-14-34-22-16-19(10-11-21(22)33-6)24-23(25(30)20-9-8-17(2)18(3)15-20)26(31)27(32)29(24)13-12-28(4)5/h8-11,15-16,24,30H,7,12-14H2,1-6H3/b25-23-. The number of aliphatic hydroxyl groups excluding tert-OH is 1. The zero-order valence-electron chi connectivity index (χ0n) is 20.8. The molecule has 2 aromatic carbocycles. The quantitative estimate of drug-likeness (QED) is 0.341. The van der Waals surface area contributed by atoms with Gasteiger partial charge in [0.15, 0.2) is 11.5 Å². The summed E-state index contributed by atoms with van der Waals surface area (Å²) in [5.41, 5.74) is 3.33. The van der Waals surface area contributed by atoms with Gasteiger partial charge in [0.1, 0.15) is 5.76 Å². The zero-order chi connectivity index (χ0) is 25.0. The van der Waals surface area contributed by atoms with Crippen molar-refractivity contribution in [2.75, 3.05) is 40.9 Å². The van der Waals surface area contributed by atoms with Crippen LogP contribution < -0.4 is 9.47 Å². The molecule has 1 aliphatic heterocycles. The van der Waals surface area contributed by atoms with E-state index in [9.17, 15) is 14.7 Å². The molecule has 0 spiro atoms. The summed E-state index contributed by atoms with van der Waals surface area (Å²) < 4.78 is 11.3. The molecule has 7 heteroatoms. The highest BCUT2D eigenvalue weighted by molar-refractivity contribution is 6.46. The maximum atomic E-state index is 13.2. The van der Waals surface area contributed by atoms with Crippen LogP contribution in [-0.2, 0) is 9.59 Å². The van der Waals surface area contributed by atoms with Crippen molar-refractivity contribution in [1.29, 1.82) is 0 Å². The number of ketones is 1. The van der Waals surface area contributed by atoms with Crippen LogP contribution in [0.3, 0.4) is 0 Å². The lowest BCUT2D eigenvalue weighted by atomic mass is 9.94. The molecule has 182 valence electrons. The molecule has 0 saturated carbocycles. The molecule has 1 atom stereocenters. The summed E-state index contributed by atoms with van der Waals surface area (Å²) in [4.78, 5) is 29.8. The van der Waals surface area contributed by atoms with E-state index in [0.29, 0.717) is 42.3 Å². The van der Waals surface area contributed by atoms with Gasteiger partial charge in [-0.05, 0) is 69.3 Å². The van der Waals surface area contributed by atoms with Crippen LogP contribution in [0.2, 0.25) is 0 Å². The van der Waals surface area contributed by atoms with Crippen LogP contribution in [-0.4, -0.2) is 67.5 Å². The zero-order valence-corrected chi connectivity index (χ0v) is 20.8. The fourth-order valence-corrected chi connectivity index (χ4v) is 4.00. The number of hydrogen-bond donors (Lipinski definition) is 1. The maximum absolute atomic E-state index is 13.2. The average Bonchev–Trinajstić information content (AvgIpc) is 3.07. The first-order valence-electron chi connectivity index (χ1n) is 11.5. The smallest absolute Gasteiger partial charge is 0.295 e. The molecule has 7 nitrogen and oxygen atoms in total. The minimum atomic E-state index is -0.739. The first kappa shape index (κ1) is 25.3. The SMILES string of the molecule is CCCOc1cc(C2/C(=C(/O)c3ccc(C)c(C)c3)C(=O)C(=O)N2CCN(C)C)ccc1OC. The average molecular weight is 467 g/mol. The minimum Gasteiger partial charge on any atom is -0.507 e. The Morgan fingerprint density at radius 3 is 2.41 bits per heavy atom. The Hall–Kier alpha value is -3.32. The van der Waals surface area contributed by atoms with Crippen molar-refractivity contribution in [2.24, 2.45) is 0 Å². The molecule has 1 unspecified atom stereocenters. The largest absolute Gasteiger partial charge is 0.507 e. The Balaban J connectivity index is 2.18. The van der Waals surface area contributed by atoms with E-state index in [2.05, 4.69) is 0 Å². The van der Waals surface area contributed by atoms with Crippen LogP contribution in [0.5, 0.6) is 11.5 Å². The molecule has 1 aliphatic rings. The number of benzene rings is 2. The number of nitrogens with zero attached hydrogens (tertiary/aromatic N) is 2. The molecule has 3 rings (SSSR count). The third-order valence-electron chi connectivity index (χ3n) is 6.07. The van der Waals surface area contributed by atoms with E-state index in [1.165, 1.54) is 4.90 Å². The number of aryl methyl sites for hydroxylation is 2. The van der Waals surface area contributed by atoms with E-state index in [0.717, 1.165) is 17.5 Å². The van der Waals surface area contributed by atoms with Crippen molar-refractivity contribution in [1.82, 2.24) is 9.80 Å². The highest BCUT2D eigenvalue weighted by Crippen LogP contribution is 2.42. The van der Waals surface area contributed by atoms with E-state index in [-0.39, 0.29) is 11.3 Å². The van der Waals surface area contributed by atoms with Gasteiger partial charge in [-0.15, -0.1) is 0 Å². The van der Waals surface area contributed by atoms with Gasteiger partial charge in [-0.25, -0.2) is 0 Å². The van der Waals surface area contributed by atoms with Gasteiger partial charge in [-0.1, -0.05) is 25.1 Å². The van der Waals surface area contributed by atoms with Gasteiger partial charge >= 0.3 is 0 Å². The Labute approximate surface area is 201 Å². The molecule has 1 heterocycles. The highest BCUT2D eigenvalue weighted by atomic mass is 16.5. The van der Waals surface area contributed by atoms with Crippen LogP contribution in [0.1, 0.15) is 41.6 Å². The number of rotatable bonds is 9. The van der Waals surface area contributed by atoms with Gasteiger partial charge in [-0.2, -0.15) is 0 Å². The maximum Gasteiger partial charge on any atom is 0.295 e. The first-order valence-corrected chi connectivity index (χ1v) is 11.5. The number of carbonyl (C=O) groups is 2. The summed E-state index contributed by atoms with van der Waals surface area (Å²) in [5, 5.41) is 11.3. The number of carbonyl (C=O) groups excluding carboxylic acids is 2. The number of likely N-dealkylation sites (tertiary alicyclic amines) is 1. The third-order valence-corrected chi connectivity index (χ3v) is 6.07. The topological polar surface area (TPSA) is 79.3 Å². The molecule has 1 saturated heterocycles. The second kappa shape index (κ2) is 10.7. The number of aliphatic hydroxyl groups is 1. The predicted molar refractivity (Wildman–Crippen MR) is 132 cm³/mol. The predicted octanol–water partition coefficient (Wildman–Crippen LogP) is 4.08. The lowest BCUT2D eigenvalue weighted by Crippen LogP contribution is -2.35. The number of ether oxygens (including phenoxy) is 2. The summed E-state index contributed by atoms with van der Waals surface area (Å²) in [6.45, 7) is 7.35. The monoisotopic (exact) mass is 466 g/mol. The molecule has 0 aliphatic carbocycles. The van der Waals surface area contributed by atoms with Crippen LogP contribution in [0, 0.1) is 13.8 Å². The number of likely N-dealkylation sites (N-methyl/N-ethyl adjacent to an activating group) is 1. The summed E-state index contributed by atoms with van der Waals surface area (Å²) >= 11 is 0. The van der Waals surface area contributed by atoms with Crippen molar-refractivity contribution >= 4 is 17.4 Å². The number of methoxy groups -OCH3 is 1. The molecule has 2 aromatic rings. The third kappa shape index (κ3) is 5.09. The normalized spacial score (nSPS) is 17.5. The number of hydrogen-bond acceptors (Lipinski definition) is 6. The molecular weight excluding hydrogens is 432 g/mol. The van der Waals surface area contributed by atoms with Gasteiger partial charge in [-0.3, -0.25) is 9.59 Å². The lowest BCUT2D eigenvalue weighted by molar-refractivity contribution is -0.140. The van der Waals surface area contributed by atoms with E-state index in [1.54, 1.807) is 25.3 Å². The Morgan fingerprint density at radius 1 is 1.06 bits per heavy atom. The van der Waals surface area contributed by atoms with Gasteiger partial charge in [0.25, 0.3) is 11.7 Å². The van der Waals surface area contributed by atoms with Crippen molar-refractivity contribution in [3.8, 4) is 11.5 Å². The second-order valence-electron chi connectivity index (χ2n) is 8.85. The van der Waals surface area contributed by atoms with E-state index in [1.807, 2.05) is 58.0 Å². The van der Waals surface area contributed by atoms with Crippen LogP contribution in [0.15, 0.2) is 42.0 Å². The fraction of sp³-hybridized carbons (Fsp3) is 0.407. The number of Topliss-reactive ketones (excluding diaryl/α,β-unsaturated/α-hetero) is 1. The summed E-state index contributed by atoms with van der Waals surface area (Å²) in [6, 6.07) is 10.1. The van der Waals surface area contributed by atoms with Crippen molar-refractivity contribution in [2.45, 2.75) is 33.2 Å². The Kier molecular flexibility index (Phi) is 7.99. The summed E-state index contributed by atoms with van der Waals surface area (Å²) in [5.74, 6) is -0.385. The van der Waals surface area contributed by atoms with Crippen molar-refractivity contribution in [3.63, 3.8) is 0 Å². The minimum absolute atomic E-state index is 0.0821. The lowest BCUT2D eigenvalue weighted by Gasteiger charge is -2.27. The molecule has 0 radical (unpaired) electrons. The fourth-order valence-electron chi connectivity index (χ4n) is 4.00. The van der Waals surface area contributed by atoms with Gasteiger partial charge < -0.3 is 24.4 Å². The highest BCUT2D eigenvalue weighted by Gasteiger charge is 2.46. The van der Waals surface area contributed by atoms with Crippen molar-refractivity contribution in [3.05, 3.63) is 64.2 Å². The molecule has 0 aromatic heterocycles. The number of amides is 1. The van der Waals surface area contributed by atoms with Crippen LogP contribution in [0.25, 0.3) is 5.76 Å². The summed E-state index contributed by atoms with van der Waals surface area (Å²) in [7, 11) is 5.38. The Bertz CT molecular complexity index is 1110. The molecule has 1 fully saturated rings. The van der Waals surface area contributed by atoms with Crippen LogP contribution in [0.4, 0.5) is 0 Å². The molecule has 1 N–H and O–H groups in total. The Morgan fingerprint density at radius 2 is 1.79 bits per heavy atom. The second-order valence-corrected chi connectivity index (χ2v) is 8.85. The van der Waals surface area contributed by atoms with Gasteiger partial charge in [0.05, 0.1) is 25.3 Å². The molecule has 0 bridgehead atoms. The molecule has 1 amide bonds. The van der Waals surface area contributed by atoms with E-state index >= 15 is 0 Å². The van der Waals surface area contributed by atoms with Gasteiger partial charge in [0, 0.05) is 18.7 Å². The summed E-state index contributed by atoms with van der Waals surface area (Å²) in [6.07, 6.45) is 0.821. The van der Waals surface area contributed by atoms with E-state index < -0.39 is 17.7 Å². The van der Waals surface area contributed by atoms with E-state index in [4.69, 9.17) is 9.47 Å². The van der Waals surface area contributed by atoms with Crippen molar-refractivity contribution < 1.29 is 24.2 Å². The first-order chi connectivity index (χ1) is 16.2. The van der Waals surface area contributed by atoms with Gasteiger partial charge in [0.2, 0.25) is 0 Å². The molecule has 34 heavy (non-hydrogen) atoms. The van der Waals surface area contributed by atoms with Crippen LogP contribution >= 0.6 is 0 Å².